The van der Waals surface area contributed by atoms with Gasteiger partial charge >= 0.3 is 0 Å². The number of imide groups is 1. The Balaban J connectivity index is 0.00000259. The van der Waals surface area contributed by atoms with Crippen molar-refractivity contribution in [3.05, 3.63) is 65.9 Å². The average Bonchev–Trinajstić information content (AvgIpc) is 3.09. The predicted octanol–water partition coefficient (Wildman–Crippen LogP) is 3.52. The van der Waals surface area contributed by atoms with Crippen molar-refractivity contribution in [3.8, 4) is 5.75 Å². The summed E-state index contributed by atoms with van der Waals surface area (Å²) in [6, 6.07) is 15.1. The lowest BCUT2D eigenvalue weighted by Crippen LogP contribution is -2.43. The van der Waals surface area contributed by atoms with Gasteiger partial charge in [-0.3, -0.25) is 14.5 Å². The van der Waals surface area contributed by atoms with E-state index in [0.29, 0.717) is 30.7 Å². The third-order valence-electron chi connectivity index (χ3n) is 6.06. The Bertz CT molecular complexity index is 1130. The molecule has 0 bridgehead atoms. The summed E-state index contributed by atoms with van der Waals surface area (Å²) in [7, 11) is 0. The van der Waals surface area contributed by atoms with Gasteiger partial charge in [-0.15, -0.1) is 12.4 Å². The molecule has 1 aromatic heterocycles. The van der Waals surface area contributed by atoms with Crippen LogP contribution in [0.5, 0.6) is 5.75 Å². The summed E-state index contributed by atoms with van der Waals surface area (Å²) in [5.41, 5.74) is 0.998. The van der Waals surface area contributed by atoms with Gasteiger partial charge in [0.2, 0.25) is 0 Å². The molecule has 0 unspecified atom stereocenters. The van der Waals surface area contributed by atoms with Gasteiger partial charge in [0.25, 0.3) is 11.8 Å². The summed E-state index contributed by atoms with van der Waals surface area (Å²) in [6.45, 7) is 4.73. The van der Waals surface area contributed by atoms with Crippen molar-refractivity contribution in [3.63, 3.8) is 0 Å². The number of ether oxygens (including phenoxy) is 1. The number of halogens is 1. The van der Waals surface area contributed by atoms with Gasteiger partial charge in [0.05, 0.1) is 17.7 Å². The molecule has 3 heterocycles. The first-order chi connectivity index (χ1) is 15.7. The van der Waals surface area contributed by atoms with Crippen LogP contribution < -0.4 is 15.0 Å². The largest absolute Gasteiger partial charge is 0.494 e. The average molecular weight is 467 g/mol. The predicted molar refractivity (Wildman–Crippen MR) is 131 cm³/mol. The number of rotatable bonds is 7. The summed E-state index contributed by atoms with van der Waals surface area (Å²) in [4.78, 5) is 33.2. The summed E-state index contributed by atoms with van der Waals surface area (Å²) in [6.07, 6.45) is 3.31. The molecule has 5 rings (SSSR count). The molecule has 0 saturated carbocycles. The van der Waals surface area contributed by atoms with Crippen LogP contribution in [-0.4, -0.2) is 61.0 Å². The topological polar surface area (TPSA) is 74.8 Å². The van der Waals surface area contributed by atoms with Gasteiger partial charge in [0.15, 0.2) is 0 Å². The summed E-state index contributed by atoms with van der Waals surface area (Å²) >= 11 is 0. The Morgan fingerprint density at radius 2 is 1.67 bits per heavy atom. The number of nitrogens with zero attached hydrogens (tertiary/aromatic N) is 3. The van der Waals surface area contributed by atoms with E-state index in [0.717, 1.165) is 54.9 Å². The molecule has 2 amide bonds. The number of piperazine rings is 1. The van der Waals surface area contributed by atoms with Crippen molar-refractivity contribution < 1.29 is 14.3 Å². The summed E-state index contributed by atoms with van der Waals surface area (Å²) in [5.74, 6) is 1.41. The molecule has 0 atom stereocenters. The molecule has 1 N–H and O–H groups in total. The van der Waals surface area contributed by atoms with Gasteiger partial charge in [0.1, 0.15) is 11.6 Å². The molecule has 2 aromatic carbocycles. The minimum Gasteiger partial charge on any atom is -0.494 e. The molecule has 1 fully saturated rings. The number of unbranched alkanes of at least 4 members (excludes halogenated alkanes) is 1. The number of amides is 2. The van der Waals surface area contributed by atoms with Gasteiger partial charge in [0, 0.05) is 44.3 Å². The quantitative estimate of drug-likeness (QED) is 0.424. The van der Waals surface area contributed by atoms with Gasteiger partial charge in [-0.2, -0.15) is 0 Å². The van der Waals surface area contributed by atoms with E-state index in [2.05, 4.69) is 27.3 Å². The normalized spacial score (nSPS) is 15.5. The number of nitrogens with one attached hydrogen (secondary N) is 1. The molecule has 33 heavy (non-hydrogen) atoms. The maximum Gasteiger partial charge on any atom is 0.261 e. The summed E-state index contributed by atoms with van der Waals surface area (Å²) in [5, 5.41) is 5.62. The molecule has 172 valence electrons. The standard InChI is InChI=1S/C25H26N4O3.ClH/c30-24-20-5-1-2-6-21(20)25(31)29(24)13-3-4-16-32-19-8-7-18-9-10-27-23(22(18)17-19)28-14-11-26-12-15-28;/h1-2,5-10,17,26H,3-4,11-16H2;1H. The SMILES string of the molecule is Cl.O=C1c2ccccc2C(=O)N1CCCCOc1ccc2ccnc(N3CCNCC3)c2c1. The van der Waals surface area contributed by atoms with Gasteiger partial charge in [-0.25, -0.2) is 4.98 Å². The van der Waals surface area contributed by atoms with Gasteiger partial charge in [-0.1, -0.05) is 18.2 Å². The van der Waals surface area contributed by atoms with Crippen LogP contribution >= 0.6 is 12.4 Å². The highest BCUT2D eigenvalue weighted by molar-refractivity contribution is 6.21. The minimum atomic E-state index is -0.200. The van der Waals surface area contributed by atoms with Crippen molar-refractivity contribution in [2.45, 2.75) is 12.8 Å². The summed E-state index contributed by atoms with van der Waals surface area (Å²) < 4.78 is 5.99. The number of aromatic nitrogens is 1. The Morgan fingerprint density at radius 1 is 0.939 bits per heavy atom. The van der Waals surface area contributed by atoms with Crippen LogP contribution in [0.4, 0.5) is 5.82 Å². The third kappa shape index (κ3) is 4.65. The second-order valence-corrected chi connectivity index (χ2v) is 8.12. The smallest absolute Gasteiger partial charge is 0.261 e. The van der Waals surface area contributed by atoms with Crippen molar-refractivity contribution in [2.75, 3.05) is 44.2 Å². The van der Waals surface area contributed by atoms with E-state index in [4.69, 9.17) is 4.74 Å². The molecule has 2 aliphatic rings. The van der Waals surface area contributed by atoms with Crippen LogP contribution in [0.2, 0.25) is 0 Å². The molecule has 0 radical (unpaired) electrons. The Morgan fingerprint density at radius 3 is 2.39 bits per heavy atom. The van der Waals surface area contributed by atoms with E-state index in [1.165, 1.54) is 4.90 Å². The Labute approximate surface area is 199 Å². The molecule has 2 aliphatic heterocycles. The van der Waals surface area contributed by atoms with E-state index < -0.39 is 0 Å². The van der Waals surface area contributed by atoms with Gasteiger partial charge in [-0.05, 0) is 48.6 Å². The van der Waals surface area contributed by atoms with Crippen LogP contribution in [0.3, 0.4) is 0 Å². The fourth-order valence-corrected chi connectivity index (χ4v) is 4.35. The Kier molecular flexibility index (Phi) is 7.11. The van der Waals surface area contributed by atoms with Crippen molar-refractivity contribution in [1.82, 2.24) is 15.2 Å². The minimum absolute atomic E-state index is 0. The highest BCUT2D eigenvalue weighted by Crippen LogP contribution is 2.29. The zero-order valence-corrected chi connectivity index (χ0v) is 19.1. The molecular formula is C25H27ClN4O3. The molecule has 8 heteroatoms. The fraction of sp³-hybridized carbons (Fsp3) is 0.320. The van der Waals surface area contributed by atoms with Gasteiger partial charge < -0.3 is 15.0 Å². The first-order valence-corrected chi connectivity index (χ1v) is 11.1. The van der Waals surface area contributed by atoms with E-state index in [1.54, 1.807) is 24.3 Å². The van der Waals surface area contributed by atoms with E-state index in [1.807, 2.05) is 18.3 Å². The monoisotopic (exact) mass is 466 g/mol. The van der Waals surface area contributed by atoms with Crippen LogP contribution in [0.15, 0.2) is 54.7 Å². The lowest BCUT2D eigenvalue weighted by Gasteiger charge is -2.29. The van der Waals surface area contributed by atoms with Crippen molar-refractivity contribution in [1.29, 1.82) is 0 Å². The zero-order valence-electron chi connectivity index (χ0n) is 18.3. The Hall–Kier alpha value is -3.16. The maximum atomic E-state index is 12.4. The lowest BCUT2D eigenvalue weighted by molar-refractivity contribution is 0.0649. The van der Waals surface area contributed by atoms with Crippen LogP contribution in [0, 0.1) is 0 Å². The van der Waals surface area contributed by atoms with Crippen molar-refractivity contribution in [2.24, 2.45) is 0 Å². The first kappa shape index (κ1) is 23.0. The fourth-order valence-electron chi connectivity index (χ4n) is 4.35. The highest BCUT2D eigenvalue weighted by Gasteiger charge is 2.34. The number of anilines is 1. The third-order valence-corrected chi connectivity index (χ3v) is 6.06. The van der Waals surface area contributed by atoms with E-state index in [9.17, 15) is 9.59 Å². The lowest BCUT2D eigenvalue weighted by atomic mass is 10.1. The van der Waals surface area contributed by atoms with Crippen LogP contribution in [0.1, 0.15) is 33.6 Å². The molecular weight excluding hydrogens is 440 g/mol. The zero-order chi connectivity index (χ0) is 21.9. The highest BCUT2D eigenvalue weighted by atomic mass is 35.5. The van der Waals surface area contributed by atoms with E-state index in [-0.39, 0.29) is 24.2 Å². The molecule has 0 spiro atoms. The maximum absolute atomic E-state index is 12.4. The van der Waals surface area contributed by atoms with E-state index >= 15 is 0 Å². The first-order valence-electron chi connectivity index (χ1n) is 11.1. The molecule has 7 nitrogen and oxygen atoms in total. The number of hydrogen-bond acceptors (Lipinski definition) is 6. The van der Waals surface area contributed by atoms with Crippen molar-refractivity contribution >= 4 is 40.8 Å². The molecule has 3 aromatic rings. The number of pyridine rings is 1. The number of hydrogen-bond donors (Lipinski definition) is 1. The number of carbonyl (C=O) groups excluding carboxylic acids is 2. The second-order valence-electron chi connectivity index (χ2n) is 8.12. The number of benzene rings is 2. The van der Waals surface area contributed by atoms with Crippen LogP contribution in [-0.2, 0) is 0 Å². The molecule has 0 aliphatic carbocycles. The second kappa shape index (κ2) is 10.2. The number of carbonyl (C=O) groups is 2. The van der Waals surface area contributed by atoms with Crippen LogP contribution in [0.25, 0.3) is 10.8 Å². The molecule has 1 saturated heterocycles. The number of fused-ring (bicyclic) bond motifs is 2.